The predicted octanol–water partition coefficient (Wildman–Crippen LogP) is 0.530. The highest BCUT2D eigenvalue weighted by molar-refractivity contribution is 8.00. The molecular formula is C11H22NO4S+. The van der Waals surface area contributed by atoms with E-state index in [0.717, 1.165) is 16.8 Å². The minimum absolute atomic E-state index is 0.0605. The van der Waals surface area contributed by atoms with E-state index in [0.29, 0.717) is 0 Å². The van der Waals surface area contributed by atoms with Gasteiger partial charge in [-0.2, -0.15) is 0 Å². The smallest absolute Gasteiger partial charge is 0.319 e. The van der Waals surface area contributed by atoms with Crippen LogP contribution in [0.5, 0.6) is 0 Å². The van der Waals surface area contributed by atoms with Gasteiger partial charge < -0.3 is 14.0 Å². The van der Waals surface area contributed by atoms with Crippen molar-refractivity contribution in [2.75, 3.05) is 47.7 Å². The minimum atomic E-state index is -0.473. The molecule has 5 nitrogen and oxygen atoms in total. The van der Waals surface area contributed by atoms with Crippen LogP contribution in [0.25, 0.3) is 0 Å². The normalized spacial score (nSPS) is 13.0. The van der Waals surface area contributed by atoms with Crippen molar-refractivity contribution >= 4 is 23.7 Å². The Balaban J connectivity index is 4.21. The molecule has 0 amide bonds. The first kappa shape index (κ1) is 16.2. The largest absolute Gasteiger partial charge is 0.469 e. The standard InChI is InChI=1S/C11H22NO4S/c1-12(2,3)6-7-17-9(11(14)16-5)8-10(13)15-4/h9H,6-8H2,1-5H3/q+1. The molecule has 0 heterocycles. The average Bonchev–Trinajstić information content (AvgIpc) is 2.24. The fraction of sp³-hybridized carbons (Fsp3) is 0.818. The Morgan fingerprint density at radius 1 is 1.18 bits per heavy atom. The molecule has 0 rings (SSSR count). The number of carbonyl (C=O) groups excluding carboxylic acids is 2. The van der Waals surface area contributed by atoms with E-state index in [1.807, 2.05) is 0 Å². The third-order valence-electron chi connectivity index (χ3n) is 2.12. The van der Waals surface area contributed by atoms with Gasteiger partial charge in [0.15, 0.2) is 0 Å². The minimum Gasteiger partial charge on any atom is -0.469 e. The molecule has 0 spiro atoms. The molecule has 1 unspecified atom stereocenters. The van der Waals surface area contributed by atoms with Crippen LogP contribution >= 0.6 is 11.8 Å². The summed E-state index contributed by atoms with van der Waals surface area (Å²) in [5.74, 6) is 0.0280. The molecule has 0 aromatic rings. The summed E-state index contributed by atoms with van der Waals surface area (Å²) in [4.78, 5) is 22.6. The lowest BCUT2D eigenvalue weighted by Crippen LogP contribution is -2.37. The van der Waals surface area contributed by atoms with Crippen LogP contribution in [-0.4, -0.2) is 69.3 Å². The van der Waals surface area contributed by atoms with Crippen molar-refractivity contribution in [3.05, 3.63) is 0 Å². The monoisotopic (exact) mass is 264 g/mol. The maximum absolute atomic E-state index is 11.5. The van der Waals surface area contributed by atoms with Crippen molar-refractivity contribution in [2.24, 2.45) is 0 Å². The first-order chi connectivity index (χ1) is 7.80. The van der Waals surface area contributed by atoms with Crippen LogP contribution < -0.4 is 0 Å². The maximum Gasteiger partial charge on any atom is 0.319 e. The van der Waals surface area contributed by atoms with Gasteiger partial charge >= 0.3 is 11.9 Å². The summed E-state index contributed by atoms with van der Waals surface area (Å²) in [5, 5.41) is -0.473. The second-order valence-electron chi connectivity index (χ2n) is 4.68. The van der Waals surface area contributed by atoms with Gasteiger partial charge in [-0.3, -0.25) is 9.59 Å². The van der Waals surface area contributed by atoms with Crippen molar-refractivity contribution < 1.29 is 23.5 Å². The van der Waals surface area contributed by atoms with Crippen molar-refractivity contribution in [3.8, 4) is 0 Å². The van der Waals surface area contributed by atoms with Crippen LogP contribution in [0, 0.1) is 0 Å². The van der Waals surface area contributed by atoms with Crippen LogP contribution in [0.4, 0.5) is 0 Å². The summed E-state index contributed by atoms with van der Waals surface area (Å²) >= 11 is 1.43. The number of carbonyl (C=O) groups is 2. The highest BCUT2D eigenvalue weighted by Gasteiger charge is 2.24. The number of hydrogen-bond donors (Lipinski definition) is 0. The molecular weight excluding hydrogens is 242 g/mol. The van der Waals surface area contributed by atoms with Crippen LogP contribution in [0.3, 0.4) is 0 Å². The van der Waals surface area contributed by atoms with Gasteiger partial charge in [0, 0.05) is 5.75 Å². The molecule has 0 saturated carbocycles. The Kier molecular flexibility index (Phi) is 7.22. The average molecular weight is 264 g/mol. The van der Waals surface area contributed by atoms with E-state index >= 15 is 0 Å². The Bertz CT molecular complexity index is 263. The second kappa shape index (κ2) is 7.55. The van der Waals surface area contributed by atoms with Crippen molar-refractivity contribution in [1.82, 2.24) is 0 Å². The van der Waals surface area contributed by atoms with Gasteiger partial charge in [0.25, 0.3) is 0 Å². The van der Waals surface area contributed by atoms with Crippen molar-refractivity contribution in [2.45, 2.75) is 11.7 Å². The number of rotatable bonds is 7. The number of ether oxygens (including phenoxy) is 2. The maximum atomic E-state index is 11.5. The topological polar surface area (TPSA) is 52.6 Å². The summed E-state index contributed by atoms with van der Waals surface area (Å²) in [6.45, 7) is 0.916. The molecule has 0 aliphatic heterocycles. The van der Waals surface area contributed by atoms with E-state index in [1.165, 1.54) is 26.0 Å². The SMILES string of the molecule is COC(=O)CC(SCC[N+](C)(C)C)C(=O)OC. The number of esters is 2. The number of nitrogens with zero attached hydrogens (tertiary/aromatic N) is 1. The van der Waals surface area contributed by atoms with Crippen LogP contribution in [0.1, 0.15) is 6.42 Å². The summed E-state index contributed by atoms with van der Waals surface area (Å²) in [6, 6.07) is 0. The van der Waals surface area contributed by atoms with Gasteiger partial charge in [-0.1, -0.05) is 0 Å². The third kappa shape index (κ3) is 8.04. The van der Waals surface area contributed by atoms with Gasteiger partial charge in [-0.25, -0.2) is 0 Å². The summed E-state index contributed by atoms with van der Waals surface area (Å²) in [7, 11) is 8.87. The van der Waals surface area contributed by atoms with Crippen molar-refractivity contribution in [1.29, 1.82) is 0 Å². The van der Waals surface area contributed by atoms with Gasteiger partial charge in [0.05, 0.1) is 48.3 Å². The molecule has 0 N–H and O–H groups in total. The Morgan fingerprint density at radius 2 is 1.76 bits per heavy atom. The lowest BCUT2D eigenvalue weighted by Gasteiger charge is -2.24. The Morgan fingerprint density at radius 3 is 2.18 bits per heavy atom. The fourth-order valence-corrected chi connectivity index (χ4v) is 2.47. The molecule has 100 valence electrons. The van der Waals surface area contributed by atoms with Gasteiger partial charge in [-0.15, -0.1) is 11.8 Å². The zero-order valence-corrected chi connectivity index (χ0v) is 12.0. The predicted molar refractivity (Wildman–Crippen MR) is 67.8 cm³/mol. The molecule has 0 aliphatic rings. The van der Waals surface area contributed by atoms with Crippen molar-refractivity contribution in [3.63, 3.8) is 0 Å². The molecule has 17 heavy (non-hydrogen) atoms. The molecule has 0 aliphatic carbocycles. The van der Waals surface area contributed by atoms with Gasteiger partial charge in [0.2, 0.25) is 0 Å². The first-order valence-electron chi connectivity index (χ1n) is 5.37. The van der Waals surface area contributed by atoms with Crippen LogP contribution in [-0.2, 0) is 19.1 Å². The summed E-state index contributed by atoms with van der Waals surface area (Å²) in [6.07, 6.45) is 0.0605. The molecule has 0 radical (unpaired) electrons. The lowest BCUT2D eigenvalue weighted by atomic mass is 10.3. The van der Waals surface area contributed by atoms with Gasteiger partial charge in [-0.05, 0) is 0 Å². The highest BCUT2D eigenvalue weighted by atomic mass is 32.2. The number of methoxy groups -OCH3 is 2. The molecule has 0 aromatic heterocycles. The first-order valence-corrected chi connectivity index (χ1v) is 6.41. The van der Waals surface area contributed by atoms with E-state index in [-0.39, 0.29) is 12.4 Å². The fourth-order valence-electron chi connectivity index (χ4n) is 1.05. The molecule has 0 saturated heterocycles. The van der Waals surface area contributed by atoms with E-state index in [2.05, 4.69) is 30.6 Å². The van der Waals surface area contributed by atoms with E-state index in [1.54, 1.807) is 0 Å². The van der Waals surface area contributed by atoms with Crippen LogP contribution in [0.2, 0.25) is 0 Å². The lowest BCUT2D eigenvalue weighted by molar-refractivity contribution is -0.867. The van der Waals surface area contributed by atoms with E-state index in [9.17, 15) is 9.59 Å². The molecule has 0 fully saturated rings. The Hall–Kier alpha value is -0.750. The number of quaternary nitrogens is 1. The van der Waals surface area contributed by atoms with Crippen LogP contribution in [0.15, 0.2) is 0 Å². The highest BCUT2D eigenvalue weighted by Crippen LogP contribution is 2.17. The third-order valence-corrected chi connectivity index (χ3v) is 3.30. The summed E-state index contributed by atoms with van der Waals surface area (Å²) < 4.78 is 10.0. The molecule has 1 atom stereocenters. The quantitative estimate of drug-likeness (QED) is 0.496. The van der Waals surface area contributed by atoms with Gasteiger partial charge in [0.1, 0.15) is 5.25 Å². The van der Waals surface area contributed by atoms with E-state index in [4.69, 9.17) is 0 Å². The number of hydrogen-bond acceptors (Lipinski definition) is 5. The number of thioether (sulfide) groups is 1. The zero-order valence-electron chi connectivity index (χ0n) is 11.2. The zero-order chi connectivity index (χ0) is 13.5. The van der Waals surface area contributed by atoms with E-state index < -0.39 is 11.2 Å². The summed E-state index contributed by atoms with van der Waals surface area (Å²) in [5.41, 5.74) is 0. The Labute approximate surface area is 107 Å². The second-order valence-corrected chi connectivity index (χ2v) is 5.99. The molecule has 6 heteroatoms. The molecule has 0 aromatic carbocycles. The molecule has 0 bridgehead atoms.